The highest BCUT2D eigenvalue weighted by Crippen LogP contribution is 2.35. The second kappa shape index (κ2) is 6.75. The Morgan fingerprint density at radius 2 is 2.16 bits per heavy atom. The standard InChI is InChI=1S/C16H21ClN2O5S/c17-12-3-4-13(24-8-5-11-1-2-11)14(9-12)25(22,23)19-7-6-16(21,10-19)15(18)20/h3-4,9,11,21H,1-2,5-8,10H2,(H2,18,20). The van der Waals surface area contributed by atoms with Crippen molar-refractivity contribution in [2.45, 2.75) is 36.2 Å². The topological polar surface area (TPSA) is 110 Å². The number of carbonyl (C=O) groups excluding carboxylic acids is 1. The van der Waals surface area contributed by atoms with Crippen LogP contribution < -0.4 is 10.5 Å². The Kier molecular flexibility index (Phi) is 4.98. The quantitative estimate of drug-likeness (QED) is 0.727. The van der Waals surface area contributed by atoms with Crippen LogP contribution in [0.25, 0.3) is 0 Å². The Balaban J connectivity index is 1.83. The number of β-amino-alcohol motifs (C(OH)–C–C–N with tert-alkyl or cyclic N) is 1. The van der Waals surface area contributed by atoms with Gasteiger partial charge in [-0.25, -0.2) is 8.42 Å². The van der Waals surface area contributed by atoms with Gasteiger partial charge in [0.1, 0.15) is 10.6 Å². The molecule has 1 heterocycles. The van der Waals surface area contributed by atoms with E-state index in [0.717, 1.165) is 10.7 Å². The Labute approximate surface area is 151 Å². The van der Waals surface area contributed by atoms with Crippen molar-refractivity contribution in [2.75, 3.05) is 19.7 Å². The number of hydrogen-bond acceptors (Lipinski definition) is 5. The molecular formula is C16H21ClN2O5S. The van der Waals surface area contributed by atoms with Gasteiger partial charge in [0, 0.05) is 18.0 Å². The predicted octanol–water partition coefficient (Wildman–Crippen LogP) is 1.13. The van der Waals surface area contributed by atoms with Crippen LogP contribution in [0.2, 0.25) is 5.02 Å². The van der Waals surface area contributed by atoms with Gasteiger partial charge in [-0.2, -0.15) is 4.31 Å². The van der Waals surface area contributed by atoms with Crippen molar-refractivity contribution in [3.05, 3.63) is 23.2 Å². The minimum absolute atomic E-state index is 0.00417. The Hall–Kier alpha value is -1.35. The average Bonchev–Trinajstić information content (AvgIpc) is 3.28. The summed E-state index contributed by atoms with van der Waals surface area (Å²) in [6.07, 6.45) is 3.22. The van der Waals surface area contributed by atoms with Crippen molar-refractivity contribution in [1.29, 1.82) is 0 Å². The third-order valence-corrected chi connectivity index (χ3v) is 6.78. The fourth-order valence-corrected chi connectivity index (χ4v) is 4.74. The number of sulfonamides is 1. The Morgan fingerprint density at radius 3 is 2.76 bits per heavy atom. The van der Waals surface area contributed by atoms with Crippen LogP contribution in [0.1, 0.15) is 25.7 Å². The minimum atomic E-state index is -3.98. The van der Waals surface area contributed by atoms with E-state index in [0.29, 0.717) is 12.5 Å². The summed E-state index contributed by atoms with van der Waals surface area (Å²) in [6, 6.07) is 4.42. The average molecular weight is 389 g/mol. The van der Waals surface area contributed by atoms with Crippen LogP contribution in [0.15, 0.2) is 23.1 Å². The van der Waals surface area contributed by atoms with E-state index in [4.69, 9.17) is 22.1 Å². The van der Waals surface area contributed by atoms with Crippen LogP contribution in [-0.4, -0.2) is 49.0 Å². The lowest BCUT2D eigenvalue weighted by Crippen LogP contribution is -2.46. The highest BCUT2D eigenvalue weighted by Gasteiger charge is 2.46. The van der Waals surface area contributed by atoms with E-state index < -0.39 is 21.5 Å². The summed E-state index contributed by atoms with van der Waals surface area (Å²) < 4.78 is 32.6. The van der Waals surface area contributed by atoms with Gasteiger partial charge in [0.25, 0.3) is 5.91 Å². The normalized spacial score (nSPS) is 24.4. The van der Waals surface area contributed by atoms with Gasteiger partial charge in [-0.3, -0.25) is 4.79 Å². The van der Waals surface area contributed by atoms with Gasteiger partial charge in [0.2, 0.25) is 10.0 Å². The number of aliphatic hydroxyl groups is 1. The molecule has 2 fully saturated rings. The molecule has 1 aromatic carbocycles. The van der Waals surface area contributed by atoms with Crippen molar-refractivity contribution in [3.63, 3.8) is 0 Å². The molecule has 0 spiro atoms. The molecule has 3 N–H and O–H groups in total. The lowest BCUT2D eigenvalue weighted by Gasteiger charge is -2.21. The van der Waals surface area contributed by atoms with E-state index in [9.17, 15) is 18.3 Å². The fraction of sp³-hybridized carbons (Fsp3) is 0.562. The van der Waals surface area contributed by atoms with Crippen molar-refractivity contribution in [3.8, 4) is 5.75 Å². The first-order valence-corrected chi connectivity index (χ1v) is 9.99. The molecule has 9 heteroatoms. The number of amides is 1. The maximum atomic E-state index is 13.0. The summed E-state index contributed by atoms with van der Waals surface area (Å²) in [5.74, 6) is -0.0479. The molecule has 7 nitrogen and oxygen atoms in total. The number of primary amides is 1. The molecule has 25 heavy (non-hydrogen) atoms. The zero-order valence-electron chi connectivity index (χ0n) is 13.7. The highest BCUT2D eigenvalue weighted by molar-refractivity contribution is 7.89. The van der Waals surface area contributed by atoms with E-state index in [1.165, 1.54) is 25.0 Å². The van der Waals surface area contributed by atoms with Gasteiger partial charge in [0.15, 0.2) is 5.60 Å². The number of benzene rings is 1. The summed E-state index contributed by atoms with van der Waals surface area (Å²) in [5, 5.41) is 10.4. The number of hydrogen-bond donors (Lipinski definition) is 2. The van der Waals surface area contributed by atoms with E-state index in [-0.39, 0.29) is 35.2 Å². The zero-order chi connectivity index (χ0) is 18.2. The monoisotopic (exact) mass is 388 g/mol. The van der Waals surface area contributed by atoms with E-state index in [1.807, 2.05) is 0 Å². The van der Waals surface area contributed by atoms with Gasteiger partial charge in [0.05, 0.1) is 13.2 Å². The molecule has 1 unspecified atom stereocenters. The second-order valence-corrected chi connectivity index (χ2v) is 9.00. The van der Waals surface area contributed by atoms with Crippen LogP contribution in [0.3, 0.4) is 0 Å². The first-order chi connectivity index (χ1) is 11.7. The molecule has 138 valence electrons. The molecule has 0 aromatic heterocycles. The lowest BCUT2D eigenvalue weighted by atomic mass is 10.0. The van der Waals surface area contributed by atoms with Crippen molar-refractivity contribution >= 4 is 27.5 Å². The summed E-state index contributed by atoms with van der Waals surface area (Å²) in [6.45, 7) is 0.0501. The van der Waals surface area contributed by atoms with Crippen LogP contribution in [0.4, 0.5) is 0 Å². The number of carbonyl (C=O) groups is 1. The third kappa shape index (κ3) is 3.92. The van der Waals surface area contributed by atoms with Crippen LogP contribution in [0.5, 0.6) is 5.75 Å². The van der Waals surface area contributed by atoms with E-state index in [1.54, 1.807) is 6.07 Å². The van der Waals surface area contributed by atoms with Gasteiger partial charge in [-0.15, -0.1) is 0 Å². The van der Waals surface area contributed by atoms with Crippen molar-refractivity contribution in [1.82, 2.24) is 4.31 Å². The molecule has 2 aliphatic rings. The summed E-state index contributed by atoms with van der Waals surface area (Å²) >= 11 is 5.97. The maximum Gasteiger partial charge on any atom is 0.250 e. The molecule has 0 radical (unpaired) electrons. The third-order valence-electron chi connectivity index (χ3n) is 4.68. The Morgan fingerprint density at radius 1 is 1.44 bits per heavy atom. The fourth-order valence-electron chi connectivity index (χ4n) is 2.85. The van der Waals surface area contributed by atoms with Gasteiger partial charge < -0.3 is 15.6 Å². The number of rotatable bonds is 7. The second-order valence-electron chi connectivity index (χ2n) is 6.66. The number of nitrogens with two attached hydrogens (primary N) is 1. The molecular weight excluding hydrogens is 368 g/mol. The van der Waals surface area contributed by atoms with E-state index >= 15 is 0 Å². The number of ether oxygens (including phenoxy) is 1. The van der Waals surface area contributed by atoms with Crippen LogP contribution >= 0.6 is 11.6 Å². The minimum Gasteiger partial charge on any atom is -0.492 e. The maximum absolute atomic E-state index is 13.0. The largest absolute Gasteiger partial charge is 0.492 e. The van der Waals surface area contributed by atoms with Crippen LogP contribution in [0, 0.1) is 5.92 Å². The van der Waals surface area contributed by atoms with Crippen molar-refractivity contribution in [2.24, 2.45) is 11.7 Å². The molecule has 1 aliphatic carbocycles. The highest BCUT2D eigenvalue weighted by atomic mass is 35.5. The van der Waals surface area contributed by atoms with Crippen molar-refractivity contribution < 1.29 is 23.1 Å². The summed E-state index contributed by atoms with van der Waals surface area (Å²) in [4.78, 5) is 11.3. The molecule has 1 saturated heterocycles. The molecule has 3 rings (SSSR count). The van der Waals surface area contributed by atoms with Crippen LogP contribution in [-0.2, 0) is 14.8 Å². The Bertz CT molecular complexity index is 781. The summed E-state index contributed by atoms with van der Waals surface area (Å²) in [7, 11) is -3.98. The number of halogens is 1. The number of nitrogens with zero attached hydrogens (tertiary/aromatic N) is 1. The predicted molar refractivity (Wildman–Crippen MR) is 91.8 cm³/mol. The molecule has 1 aromatic rings. The van der Waals surface area contributed by atoms with Gasteiger partial charge in [-0.05, 0) is 30.5 Å². The molecule has 1 saturated carbocycles. The molecule has 1 amide bonds. The van der Waals surface area contributed by atoms with Gasteiger partial charge >= 0.3 is 0 Å². The van der Waals surface area contributed by atoms with E-state index in [2.05, 4.69) is 0 Å². The first kappa shape index (κ1) is 18.4. The SMILES string of the molecule is NC(=O)C1(O)CCN(S(=O)(=O)c2cc(Cl)ccc2OCCC2CC2)C1. The first-order valence-electron chi connectivity index (χ1n) is 8.17. The zero-order valence-corrected chi connectivity index (χ0v) is 15.2. The lowest BCUT2D eigenvalue weighted by molar-refractivity contribution is -0.134. The smallest absolute Gasteiger partial charge is 0.250 e. The molecule has 0 bridgehead atoms. The summed E-state index contributed by atoms with van der Waals surface area (Å²) in [5.41, 5.74) is 3.33. The molecule has 1 atom stereocenters. The van der Waals surface area contributed by atoms with Gasteiger partial charge in [-0.1, -0.05) is 24.4 Å². The molecule has 1 aliphatic heterocycles.